The Morgan fingerprint density at radius 1 is 1.24 bits per heavy atom. The van der Waals surface area contributed by atoms with Crippen LogP contribution in [0.3, 0.4) is 0 Å². The van der Waals surface area contributed by atoms with E-state index >= 15 is 0 Å². The summed E-state index contributed by atoms with van der Waals surface area (Å²) >= 11 is 0. The molecule has 1 rings (SSSR count). The summed E-state index contributed by atoms with van der Waals surface area (Å²) < 4.78 is 6.31. The van der Waals surface area contributed by atoms with Gasteiger partial charge in [-0.05, 0) is 30.1 Å². The topological polar surface area (TPSA) is 38.3 Å². The van der Waals surface area contributed by atoms with Gasteiger partial charge in [-0.2, -0.15) is 0 Å². The summed E-state index contributed by atoms with van der Waals surface area (Å²) in [5.74, 6) is 0.312. The molecule has 118 valence electrons. The van der Waals surface area contributed by atoms with E-state index in [-0.39, 0.29) is 5.04 Å². The molecule has 1 N–H and O–H groups in total. The average Bonchev–Trinajstić information content (AvgIpc) is 2.42. The summed E-state index contributed by atoms with van der Waals surface area (Å²) in [6.07, 6.45) is 1.70. The first-order valence-corrected chi connectivity index (χ1v) is 10.5. The summed E-state index contributed by atoms with van der Waals surface area (Å²) in [5, 5.41) is 3.01. The maximum Gasteiger partial charge on any atom is 0.207 e. The molecular formula is C17H29NO2Si. The van der Waals surface area contributed by atoms with Crippen molar-refractivity contribution < 1.29 is 9.22 Å². The van der Waals surface area contributed by atoms with Crippen molar-refractivity contribution in [1.82, 2.24) is 5.32 Å². The Labute approximate surface area is 130 Å². The Bertz CT molecular complexity index is 426. The van der Waals surface area contributed by atoms with Crippen LogP contribution in [0.2, 0.25) is 18.1 Å². The van der Waals surface area contributed by atoms with Crippen molar-refractivity contribution in [1.29, 1.82) is 0 Å². The van der Waals surface area contributed by atoms with Gasteiger partial charge in [-0.15, -0.1) is 0 Å². The second kappa shape index (κ2) is 7.76. The van der Waals surface area contributed by atoms with E-state index in [0.717, 1.165) is 12.8 Å². The lowest BCUT2D eigenvalue weighted by molar-refractivity contribution is -0.109. The number of hydrogen-bond acceptors (Lipinski definition) is 2. The zero-order chi connectivity index (χ0) is 15.9. The third-order valence-electron chi connectivity index (χ3n) is 4.34. The molecule has 4 heteroatoms. The number of carbonyl (C=O) groups excluding carboxylic acids is 1. The molecule has 0 heterocycles. The van der Waals surface area contributed by atoms with Crippen molar-refractivity contribution in [3.8, 4) is 0 Å². The number of nitrogens with one attached hydrogen (secondary N) is 1. The van der Waals surface area contributed by atoms with Crippen molar-refractivity contribution in [3.63, 3.8) is 0 Å². The SMILES string of the molecule is CC(C)(C)[Si](C)(C)OC[C@@H](CNC=O)Cc1ccccc1. The molecule has 0 aliphatic heterocycles. The predicted molar refractivity (Wildman–Crippen MR) is 90.9 cm³/mol. The number of rotatable bonds is 8. The van der Waals surface area contributed by atoms with Crippen LogP contribution in [0.4, 0.5) is 0 Å². The van der Waals surface area contributed by atoms with Gasteiger partial charge in [0.2, 0.25) is 6.41 Å². The molecule has 1 aromatic carbocycles. The minimum absolute atomic E-state index is 0.211. The molecule has 0 bridgehead atoms. The quantitative estimate of drug-likeness (QED) is 0.588. The van der Waals surface area contributed by atoms with E-state index in [9.17, 15) is 4.79 Å². The van der Waals surface area contributed by atoms with Gasteiger partial charge in [-0.3, -0.25) is 4.79 Å². The molecule has 0 unspecified atom stereocenters. The van der Waals surface area contributed by atoms with Gasteiger partial charge in [-0.1, -0.05) is 51.1 Å². The molecule has 0 aliphatic rings. The van der Waals surface area contributed by atoms with Crippen LogP contribution in [-0.4, -0.2) is 27.9 Å². The van der Waals surface area contributed by atoms with E-state index in [2.05, 4.69) is 51.3 Å². The molecule has 0 saturated heterocycles. The lowest BCUT2D eigenvalue weighted by atomic mass is 10.0. The Hall–Kier alpha value is -1.13. The summed E-state index contributed by atoms with van der Waals surface area (Å²) in [7, 11) is -1.74. The fraction of sp³-hybridized carbons (Fsp3) is 0.588. The number of hydrogen-bond donors (Lipinski definition) is 1. The monoisotopic (exact) mass is 307 g/mol. The van der Waals surface area contributed by atoms with Gasteiger partial charge in [0, 0.05) is 19.1 Å². The first-order chi connectivity index (χ1) is 9.76. The van der Waals surface area contributed by atoms with E-state index in [1.165, 1.54) is 5.56 Å². The van der Waals surface area contributed by atoms with Crippen molar-refractivity contribution in [2.45, 2.75) is 45.3 Å². The molecule has 0 spiro atoms. The number of benzene rings is 1. The predicted octanol–water partition coefficient (Wildman–Crippen LogP) is 3.61. The zero-order valence-corrected chi connectivity index (χ0v) is 15.0. The van der Waals surface area contributed by atoms with E-state index in [4.69, 9.17) is 4.43 Å². The zero-order valence-electron chi connectivity index (χ0n) is 14.0. The molecule has 3 nitrogen and oxygen atoms in total. The van der Waals surface area contributed by atoms with Crippen molar-refractivity contribution >= 4 is 14.7 Å². The fourth-order valence-corrected chi connectivity index (χ4v) is 2.98. The first-order valence-electron chi connectivity index (χ1n) is 7.61. The van der Waals surface area contributed by atoms with Gasteiger partial charge in [0.05, 0.1) is 0 Å². The Kier molecular flexibility index (Phi) is 6.62. The highest BCUT2D eigenvalue weighted by atomic mass is 28.4. The summed E-state index contributed by atoms with van der Waals surface area (Å²) in [5.41, 5.74) is 1.29. The maximum absolute atomic E-state index is 10.6. The molecule has 1 aromatic rings. The van der Waals surface area contributed by atoms with Crippen LogP contribution in [0.1, 0.15) is 26.3 Å². The summed E-state index contributed by atoms with van der Waals surface area (Å²) in [6.45, 7) is 12.6. The molecular weight excluding hydrogens is 278 g/mol. The molecule has 0 saturated carbocycles. The molecule has 0 aromatic heterocycles. The second-order valence-corrected chi connectivity index (χ2v) is 12.0. The van der Waals surface area contributed by atoms with Gasteiger partial charge in [0.1, 0.15) is 0 Å². The Balaban J connectivity index is 2.64. The van der Waals surface area contributed by atoms with Crippen LogP contribution in [0.5, 0.6) is 0 Å². The minimum Gasteiger partial charge on any atom is -0.416 e. The molecule has 1 atom stereocenters. The van der Waals surface area contributed by atoms with Gasteiger partial charge in [0.25, 0.3) is 0 Å². The molecule has 1 amide bonds. The number of amides is 1. The van der Waals surface area contributed by atoms with Gasteiger partial charge in [-0.25, -0.2) is 0 Å². The van der Waals surface area contributed by atoms with Crippen LogP contribution < -0.4 is 5.32 Å². The van der Waals surface area contributed by atoms with Crippen LogP contribution in [0.15, 0.2) is 30.3 Å². The van der Waals surface area contributed by atoms with Crippen LogP contribution in [0, 0.1) is 5.92 Å². The molecule has 0 aliphatic carbocycles. The lowest BCUT2D eigenvalue weighted by Crippen LogP contribution is -2.43. The minimum atomic E-state index is -1.74. The van der Waals surface area contributed by atoms with E-state index in [0.29, 0.717) is 19.1 Å². The maximum atomic E-state index is 10.6. The van der Waals surface area contributed by atoms with Crippen molar-refractivity contribution in [2.24, 2.45) is 5.92 Å². The van der Waals surface area contributed by atoms with Gasteiger partial charge in [0.15, 0.2) is 8.32 Å². The molecule has 0 radical (unpaired) electrons. The van der Waals surface area contributed by atoms with Crippen molar-refractivity contribution in [2.75, 3.05) is 13.2 Å². The summed E-state index contributed by atoms with van der Waals surface area (Å²) in [6, 6.07) is 10.4. The van der Waals surface area contributed by atoms with E-state index < -0.39 is 8.32 Å². The Morgan fingerprint density at radius 2 is 1.86 bits per heavy atom. The highest BCUT2D eigenvalue weighted by Gasteiger charge is 2.37. The fourth-order valence-electron chi connectivity index (χ4n) is 1.89. The number of carbonyl (C=O) groups is 1. The van der Waals surface area contributed by atoms with Crippen molar-refractivity contribution in [3.05, 3.63) is 35.9 Å². The van der Waals surface area contributed by atoms with Gasteiger partial charge < -0.3 is 9.74 Å². The lowest BCUT2D eigenvalue weighted by Gasteiger charge is -2.37. The van der Waals surface area contributed by atoms with Crippen LogP contribution in [0.25, 0.3) is 0 Å². The Morgan fingerprint density at radius 3 is 2.38 bits per heavy atom. The third-order valence-corrected chi connectivity index (χ3v) is 8.84. The first kappa shape index (κ1) is 17.9. The standard InChI is InChI=1S/C17H29NO2Si/c1-17(2,3)21(4,5)20-13-16(12-18-14-19)11-15-9-7-6-8-10-15/h6-10,14,16H,11-13H2,1-5H3,(H,18,19)/t16-/m1/s1. The van der Waals surface area contributed by atoms with Crippen LogP contribution in [-0.2, 0) is 15.6 Å². The van der Waals surface area contributed by atoms with Crippen LogP contribution >= 0.6 is 0 Å². The smallest absolute Gasteiger partial charge is 0.207 e. The summed E-state index contributed by atoms with van der Waals surface area (Å²) in [4.78, 5) is 10.6. The van der Waals surface area contributed by atoms with E-state index in [1.807, 2.05) is 18.2 Å². The molecule has 21 heavy (non-hydrogen) atoms. The third kappa shape index (κ3) is 6.02. The highest BCUT2D eigenvalue weighted by molar-refractivity contribution is 6.74. The average molecular weight is 308 g/mol. The normalized spacial score (nSPS) is 13.8. The second-order valence-electron chi connectivity index (χ2n) is 7.15. The largest absolute Gasteiger partial charge is 0.416 e. The van der Waals surface area contributed by atoms with E-state index in [1.54, 1.807) is 0 Å². The molecule has 0 fully saturated rings. The highest BCUT2D eigenvalue weighted by Crippen LogP contribution is 2.36. The van der Waals surface area contributed by atoms with Gasteiger partial charge >= 0.3 is 0 Å².